The molecule has 1 aromatic carbocycles. The summed E-state index contributed by atoms with van der Waals surface area (Å²) in [7, 11) is 0. The average Bonchev–Trinajstić information content (AvgIpc) is 3.50. The predicted molar refractivity (Wildman–Crippen MR) is 124 cm³/mol. The zero-order valence-corrected chi connectivity index (χ0v) is 18.9. The number of benzene rings is 1. The van der Waals surface area contributed by atoms with Crippen LogP contribution >= 0.6 is 23.9 Å². The maximum absolute atomic E-state index is 9.71. The molecule has 0 atom stereocenters. The van der Waals surface area contributed by atoms with E-state index >= 15 is 0 Å². The number of hydrogen-bond acceptors (Lipinski definition) is 5. The number of halogens is 1. The molecule has 3 aromatic rings. The van der Waals surface area contributed by atoms with E-state index in [1.54, 1.807) is 0 Å². The molecule has 0 amide bonds. The Morgan fingerprint density at radius 3 is 2.67 bits per heavy atom. The molecule has 0 N–H and O–H groups in total. The zero-order valence-electron chi connectivity index (χ0n) is 17.2. The third-order valence-electron chi connectivity index (χ3n) is 6.46. The van der Waals surface area contributed by atoms with Crippen molar-refractivity contribution in [2.24, 2.45) is 5.92 Å². The topological polar surface area (TPSA) is 57.7 Å². The molecule has 0 radical (unpaired) electrons. The van der Waals surface area contributed by atoms with Gasteiger partial charge in [-0.2, -0.15) is 9.64 Å². The summed E-state index contributed by atoms with van der Waals surface area (Å²) in [5, 5.41) is 11.9. The first-order chi connectivity index (χ1) is 14.3. The van der Waals surface area contributed by atoms with E-state index in [9.17, 15) is 5.26 Å². The summed E-state index contributed by atoms with van der Waals surface area (Å²) in [5.74, 6) is 1.51. The Kier molecular flexibility index (Phi) is 6.72. The van der Waals surface area contributed by atoms with Crippen molar-refractivity contribution in [2.75, 3.05) is 13.1 Å². The lowest BCUT2D eigenvalue weighted by Gasteiger charge is -2.22. The molecule has 30 heavy (non-hydrogen) atoms. The van der Waals surface area contributed by atoms with Crippen LogP contribution in [0.1, 0.15) is 55.5 Å². The van der Waals surface area contributed by atoms with E-state index in [1.165, 1.54) is 69.6 Å². The molecule has 1 saturated heterocycles. The molecule has 5 nitrogen and oxygen atoms in total. The van der Waals surface area contributed by atoms with Crippen LogP contribution in [-0.4, -0.2) is 31.9 Å². The smallest absolute Gasteiger partial charge is 0.175 e. The van der Waals surface area contributed by atoms with E-state index in [0.29, 0.717) is 5.92 Å². The Hall–Kier alpha value is -1.94. The van der Waals surface area contributed by atoms with E-state index < -0.39 is 0 Å². The van der Waals surface area contributed by atoms with Crippen LogP contribution in [0.15, 0.2) is 24.4 Å². The molecule has 2 aromatic heterocycles. The molecule has 1 aliphatic carbocycles. The lowest BCUT2D eigenvalue weighted by atomic mass is 9.89. The summed E-state index contributed by atoms with van der Waals surface area (Å²) in [5.41, 5.74) is 2.86. The van der Waals surface area contributed by atoms with Gasteiger partial charge in [0, 0.05) is 23.7 Å². The van der Waals surface area contributed by atoms with E-state index in [0.717, 1.165) is 46.0 Å². The van der Waals surface area contributed by atoms with Crippen LogP contribution in [0.3, 0.4) is 0 Å². The second-order valence-corrected chi connectivity index (χ2v) is 9.34. The van der Waals surface area contributed by atoms with Crippen molar-refractivity contribution in [3.05, 3.63) is 35.0 Å². The van der Waals surface area contributed by atoms with Gasteiger partial charge in [-0.15, -0.1) is 12.4 Å². The fraction of sp³-hybridized carbons (Fsp3) is 0.522. The number of aromatic nitrogens is 3. The van der Waals surface area contributed by atoms with Crippen LogP contribution in [-0.2, 0) is 13.1 Å². The molecule has 5 rings (SSSR count). The first-order valence-corrected chi connectivity index (χ1v) is 11.7. The SMILES string of the molecule is Cl.N#Cc1cccc2c(-c3nsc(CN4CCCC4)n3)cn(CC3CCCCC3)c12. The molecule has 0 spiro atoms. The third kappa shape index (κ3) is 4.25. The fourth-order valence-corrected chi connectivity index (χ4v) is 5.68. The molecule has 0 bridgehead atoms. The summed E-state index contributed by atoms with van der Waals surface area (Å²) in [6, 6.07) is 8.42. The third-order valence-corrected chi connectivity index (χ3v) is 7.16. The van der Waals surface area contributed by atoms with Gasteiger partial charge in [0.15, 0.2) is 5.82 Å². The highest BCUT2D eigenvalue weighted by Crippen LogP contribution is 2.34. The van der Waals surface area contributed by atoms with Gasteiger partial charge >= 0.3 is 0 Å². The van der Waals surface area contributed by atoms with Crippen LogP contribution in [0.4, 0.5) is 0 Å². The van der Waals surface area contributed by atoms with E-state index in [4.69, 9.17) is 9.36 Å². The number of likely N-dealkylation sites (tertiary alicyclic amines) is 1. The van der Waals surface area contributed by atoms with Crippen molar-refractivity contribution in [1.29, 1.82) is 5.26 Å². The Bertz CT molecular complexity index is 1040. The Morgan fingerprint density at radius 2 is 1.90 bits per heavy atom. The Labute approximate surface area is 188 Å². The number of nitriles is 1. The number of para-hydroxylation sites is 1. The molecular formula is C23H28ClN5S. The van der Waals surface area contributed by atoms with Gasteiger partial charge in [-0.25, -0.2) is 4.98 Å². The molecule has 2 fully saturated rings. The summed E-state index contributed by atoms with van der Waals surface area (Å²) in [4.78, 5) is 7.34. The van der Waals surface area contributed by atoms with Gasteiger partial charge in [0.25, 0.3) is 0 Å². The van der Waals surface area contributed by atoms with Crippen molar-refractivity contribution in [3.8, 4) is 17.5 Å². The van der Waals surface area contributed by atoms with Gasteiger partial charge in [-0.1, -0.05) is 31.4 Å². The molecule has 3 heterocycles. The lowest BCUT2D eigenvalue weighted by molar-refractivity contribution is 0.322. The lowest BCUT2D eigenvalue weighted by Crippen LogP contribution is -2.18. The highest BCUT2D eigenvalue weighted by molar-refractivity contribution is 7.05. The number of nitrogens with zero attached hydrogens (tertiary/aromatic N) is 5. The first kappa shape index (κ1) is 21.3. The summed E-state index contributed by atoms with van der Waals surface area (Å²) in [6.07, 6.45) is 11.4. The highest BCUT2D eigenvalue weighted by Gasteiger charge is 2.21. The van der Waals surface area contributed by atoms with Crippen molar-refractivity contribution < 1.29 is 0 Å². The van der Waals surface area contributed by atoms with Crippen LogP contribution in [0.25, 0.3) is 22.3 Å². The van der Waals surface area contributed by atoms with Crippen LogP contribution < -0.4 is 0 Å². The van der Waals surface area contributed by atoms with Crippen LogP contribution in [0.2, 0.25) is 0 Å². The second-order valence-electron chi connectivity index (χ2n) is 8.51. The van der Waals surface area contributed by atoms with E-state index in [1.807, 2.05) is 12.1 Å². The minimum absolute atomic E-state index is 0. The molecule has 1 aliphatic heterocycles. The Balaban J connectivity index is 0.00000218. The molecule has 7 heteroatoms. The quantitative estimate of drug-likeness (QED) is 0.514. The number of fused-ring (bicyclic) bond motifs is 1. The molecule has 1 saturated carbocycles. The predicted octanol–water partition coefficient (Wildman–Crippen LogP) is 5.63. The fourth-order valence-electron chi connectivity index (χ4n) is 4.98. The minimum Gasteiger partial charge on any atom is -0.345 e. The highest BCUT2D eigenvalue weighted by atomic mass is 35.5. The van der Waals surface area contributed by atoms with Crippen molar-refractivity contribution in [2.45, 2.75) is 58.0 Å². The molecule has 2 aliphatic rings. The standard InChI is InChI=1S/C23H27N5S.ClH/c24-13-18-9-6-10-19-20(15-28(22(18)19)14-17-7-2-1-3-8-17)23-25-21(29-26-23)16-27-11-4-5-12-27;/h6,9-10,15,17H,1-5,7-8,11-12,14,16H2;1H. The van der Waals surface area contributed by atoms with Gasteiger partial charge in [0.05, 0.1) is 17.6 Å². The zero-order chi connectivity index (χ0) is 19.6. The van der Waals surface area contributed by atoms with Crippen molar-refractivity contribution in [3.63, 3.8) is 0 Å². The molecule has 158 valence electrons. The van der Waals surface area contributed by atoms with Gasteiger partial charge < -0.3 is 4.57 Å². The molecular weight excluding hydrogens is 414 g/mol. The first-order valence-electron chi connectivity index (χ1n) is 10.9. The average molecular weight is 442 g/mol. The van der Waals surface area contributed by atoms with Crippen LogP contribution in [0, 0.1) is 17.2 Å². The summed E-state index contributed by atoms with van der Waals surface area (Å²) < 4.78 is 7.01. The maximum atomic E-state index is 9.71. The number of rotatable bonds is 5. The Morgan fingerprint density at radius 1 is 1.10 bits per heavy atom. The van der Waals surface area contributed by atoms with Crippen molar-refractivity contribution >= 4 is 34.8 Å². The largest absolute Gasteiger partial charge is 0.345 e. The molecule has 0 unspecified atom stereocenters. The minimum atomic E-state index is 0. The van der Waals surface area contributed by atoms with Gasteiger partial charge in [-0.3, -0.25) is 4.90 Å². The van der Waals surface area contributed by atoms with E-state index in [-0.39, 0.29) is 12.4 Å². The maximum Gasteiger partial charge on any atom is 0.175 e. The van der Waals surface area contributed by atoms with Gasteiger partial charge in [0.2, 0.25) is 0 Å². The second kappa shape index (κ2) is 9.47. The summed E-state index contributed by atoms with van der Waals surface area (Å²) >= 11 is 1.52. The van der Waals surface area contributed by atoms with Crippen molar-refractivity contribution in [1.82, 2.24) is 18.8 Å². The number of hydrogen-bond donors (Lipinski definition) is 0. The monoisotopic (exact) mass is 441 g/mol. The normalized spacial score (nSPS) is 17.8. The van der Waals surface area contributed by atoms with Crippen LogP contribution in [0.5, 0.6) is 0 Å². The summed E-state index contributed by atoms with van der Waals surface area (Å²) in [6.45, 7) is 4.23. The van der Waals surface area contributed by atoms with Gasteiger partial charge in [-0.05, 0) is 62.3 Å². The van der Waals surface area contributed by atoms with Gasteiger partial charge in [0.1, 0.15) is 11.1 Å². The van der Waals surface area contributed by atoms with E-state index in [2.05, 4.69) is 27.8 Å².